The second-order valence-corrected chi connectivity index (χ2v) is 5.11. The number of hydrogen-bond acceptors (Lipinski definition) is 5. The Hall–Kier alpha value is -2.73. The van der Waals surface area contributed by atoms with Crippen LogP contribution >= 0.6 is 11.6 Å². The maximum absolute atomic E-state index is 11.5. The molecule has 0 amide bonds. The van der Waals surface area contributed by atoms with E-state index in [1.807, 2.05) is 12.1 Å². The zero-order valence-corrected chi connectivity index (χ0v) is 12.4. The summed E-state index contributed by atoms with van der Waals surface area (Å²) in [5.41, 5.74) is 8.26. The van der Waals surface area contributed by atoms with Gasteiger partial charge in [0.05, 0.1) is 11.4 Å². The molecule has 6 nitrogen and oxygen atoms in total. The minimum Gasteiger partial charge on any atom is -0.368 e. The smallest absolute Gasteiger partial charge is 0.266 e. The predicted molar refractivity (Wildman–Crippen MR) is 85.4 cm³/mol. The Morgan fingerprint density at radius 1 is 1.14 bits per heavy atom. The Bertz CT molecular complexity index is 889. The van der Waals surface area contributed by atoms with Crippen molar-refractivity contribution < 1.29 is 0 Å². The lowest BCUT2D eigenvalue weighted by Crippen LogP contribution is -2.18. The fourth-order valence-electron chi connectivity index (χ4n) is 2.06. The largest absolute Gasteiger partial charge is 0.368 e. The van der Waals surface area contributed by atoms with Crippen LogP contribution in [0.1, 0.15) is 0 Å². The van der Waals surface area contributed by atoms with Gasteiger partial charge in [-0.1, -0.05) is 23.7 Å². The Morgan fingerprint density at radius 2 is 1.86 bits per heavy atom. The lowest BCUT2D eigenvalue weighted by molar-refractivity contribution is 0.712. The van der Waals surface area contributed by atoms with E-state index in [2.05, 4.69) is 15.1 Å². The van der Waals surface area contributed by atoms with Crippen LogP contribution in [0.5, 0.6) is 0 Å². The Balaban J connectivity index is 2.21. The van der Waals surface area contributed by atoms with Gasteiger partial charge in [0.2, 0.25) is 5.95 Å². The van der Waals surface area contributed by atoms with Crippen molar-refractivity contribution in [3.8, 4) is 22.5 Å². The van der Waals surface area contributed by atoms with E-state index in [1.165, 1.54) is 10.7 Å². The minimum absolute atomic E-state index is 0.165. The van der Waals surface area contributed by atoms with E-state index in [-0.39, 0.29) is 11.5 Å². The molecule has 0 spiro atoms. The third kappa shape index (κ3) is 2.68. The average molecular weight is 314 g/mol. The van der Waals surface area contributed by atoms with E-state index in [1.54, 1.807) is 31.4 Å². The number of halogens is 1. The van der Waals surface area contributed by atoms with Crippen LogP contribution < -0.4 is 11.3 Å². The molecule has 1 aromatic carbocycles. The molecule has 0 bridgehead atoms. The molecule has 110 valence electrons. The Kier molecular flexibility index (Phi) is 3.60. The molecule has 2 heterocycles. The highest BCUT2D eigenvalue weighted by Gasteiger charge is 2.12. The number of hydrogen-bond donors (Lipinski definition) is 1. The summed E-state index contributed by atoms with van der Waals surface area (Å²) in [5, 5.41) is 4.87. The van der Waals surface area contributed by atoms with E-state index in [4.69, 9.17) is 17.3 Å². The van der Waals surface area contributed by atoms with Crippen molar-refractivity contribution in [1.29, 1.82) is 0 Å². The number of anilines is 1. The quantitative estimate of drug-likeness (QED) is 0.783. The highest BCUT2D eigenvalue weighted by molar-refractivity contribution is 6.30. The SMILES string of the molecule is Cn1nc(-c2cnc(N)nc2-c2ccc(Cl)cc2)ccc1=O. The normalized spacial score (nSPS) is 10.6. The summed E-state index contributed by atoms with van der Waals surface area (Å²) >= 11 is 5.92. The lowest BCUT2D eigenvalue weighted by atomic mass is 10.0. The zero-order valence-electron chi connectivity index (χ0n) is 11.7. The molecule has 0 aliphatic carbocycles. The third-order valence-corrected chi connectivity index (χ3v) is 3.41. The first-order valence-corrected chi connectivity index (χ1v) is 6.85. The van der Waals surface area contributed by atoms with Gasteiger partial charge >= 0.3 is 0 Å². The molecule has 7 heteroatoms. The first-order valence-electron chi connectivity index (χ1n) is 6.48. The van der Waals surface area contributed by atoms with Crippen LogP contribution in [0.4, 0.5) is 5.95 Å². The molecule has 0 saturated heterocycles. The summed E-state index contributed by atoms with van der Waals surface area (Å²) in [5.74, 6) is 0.165. The lowest BCUT2D eigenvalue weighted by Gasteiger charge is -2.09. The molecule has 0 radical (unpaired) electrons. The van der Waals surface area contributed by atoms with Crippen LogP contribution in [0.15, 0.2) is 47.4 Å². The Labute approximate surface area is 131 Å². The highest BCUT2D eigenvalue weighted by atomic mass is 35.5. The maximum Gasteiger partial charge on any atom is 0.266 e. The van der Waals surface area contributed by atoms with Crippen molar-refractivity contribution in [3.63, 3.8) is 0 Å². The number of nitrogens with zero attached hydrogens (tertiary/aromatic N) is 4. The number of nitrogen functional groups attached to an aromatic ring is 1. The number of aromatic nitrogens is 4. The Morgan fingerprint density at radius 3 is 2.55 bits per heavy atom. The molecule has 3 aromatic rings. The van der Waals surface area contributed by atoms with Gasteiger partial charge in [-0.25, -0.2) is 14.6 Å². The topological polar surface area (TPSA) is 86.7 Å². The standard InChI is InChI=1S/C15H12ClN5O/c1-21-13(22)7-6-12(20-21)11-8-18-15(17)19-14(11)9-2-4-10(16)5-3-9/h2-8H,1H3,(H2,17,18,19). The van der Waals surface area contributed by atoms with Crippen molar-refractivity contribution in [2.24, 2.45) is 7.05 Å². The molecular formula is C15H12ClN5O. The molecule has 2 aromatic heterocycles. The monoisotopic (exact) mass is 313 g/mol. The van der Waals surface area contributed by atoms with Crippen LogP contribution in [0.25, 0.3) is 22.5 Å². The van der Waals surface area contributed by atoms with Gasteiger partial charge in [-0.05, 0) is 18.2 Å². The minimum atomic E-state index is -0.187. The number of benzene rings is 1. The summed E-state index contributed by atoms with van der Waals surface area (Å²) < 4.78 is 1.26. The van der Waals surface area contributed by atoms with Gasteiger partial charge in [0.15, 0.2) is 0 Å². The summed E-state index contributed by atoms with van der Waals surface area (Å²) in [4.78, 5) is 19.8. The molecule has 0 aliphatic rings. The van der Waals surface area contributed by atoms with Crippen molar-refractivity contribution in [3.05, 3.63) is 58.0 Å². The first kappa shape index (κ1) is 14.2. The highest BCUT2D eigenvalue weighted by Crippen LogP contribution is 2.29. The van der Waals surface area contributed by atoms with Gasteiger partial charge in [0, 0.05) is 35.5 Å². The molecular weight excluding hydrogens is 302 g/mol. The molecule has 0 saturated carbocycles. The van der Waals surface area contributed by atoms with Crippen LogP contribution in [0.3, 0.4) is 0 Å². The maximum atomic E-state index is 11.5. The number of nitrogens with two attached hydrogens (primary N) is 1. The van der Waals surface area contributed by atoms with Crippen molar-refractivity contribution >= 4 is 17.5 Å². The summed E-state index contributed by atoms with van der Waals surface area (Å²) in [6, 6.07) is 10.3. The van der Waals surface area contributed by atoms with E-state index >= 15 is 0 Å². The average Bonchev–Trinajstić information content (AvgIpc) is 2.51. The molecule has 0 aliphatic heterocycles. The van der Waals surface area contributed by atoms with Crippen molar-refractivity contribution in [2.45, 2.75) is 0 Å². The summed E-state index contributed by atoms with van der Waals surface area (Å²) in [6.45, 7) is 0. The van der Waals surface area contributed by atoms with Crippen LogP contribution in [0, 0.1) is 0 Å². The van der Waals surface area contributed by atoms with Gasteiger partial charge in [0.25, 0.3) is 5.56 Å². The molecule has 3 rings (SSSR count). The fraction of sp³-hybridized carbons (Fsp3) is 0.0667. The third-order valence-electron chi connectivity index (χ3n) is 3.16. The van der Waals surface area contributed by atoms with E-state index in [9.17, 15) is 4.79 Å². The van der Waals surface area contributed by atoms with E-state index < -0.39 is 0 Å². The molecule has 0 unspecified atom stereocenters. The molecule has 22 heavy (non-hydrogen) atoms. The van der Waals surface area contributed by atoms with Gasteiger partial charge < -0.3 is 5.73 Å². The number of aryl methyl sites for hydroxylation is 1. The van der Waals surface area contributed by atoms with Crippen molar-refractivity contribution in [2.75, 3.05) is 5.73 Å². The zero-order chi connectivity index (χ0) is 15.7. The fourth-order valence-corrected chi connectivity index (χ4v) is 2.18. The second-order valence-electron chi connectivity index (χ2n) is 4.68. The molecule has 2 N–H and O–H groups in total. The van der Waals surface area contributed by atoms with Gasteiger partial charge in [0.1, 0.15) is 0 Å². The summed E-state index contributed by atoms with van der Waals surface area (Å²) in [7, 11) is 1.59. The van der Waals surface area contributed by atoms with E-state index in [0.717, 1.165) is 5.56 Å². The summed E-state index contributed by atoms with van der Waals surface area (Å²) in [6.07, 6.45) is 1.60. The van der Waals surface area contributed by atoms with Crippen LogP contribution in [-0.4, -0.2) is 19.7 Å². The second kappa shape index (κ2) is 5.57. The van der Waals surface area contributed by atoms with Gasteiger partial charge in [-0.2, -0.15) is 5.10 Å². The molecule has 0 atom stereocenters. The van der Waals surface area contributed by atoms with Gasteiger partial charge in [-0.3, -0.25) is 4.79 Å². The van der Waals surface area contributed by atoms with Gasteiger partial charge in [-0.15, -0.1) is 0 Å². The van der Waals surface area contributed by atoms with Crippen LogP contribution in [-0.2, 0) is 7.05 Å². The molecule has 0 fully saturated rings. The van der Waals surface area contributed by atoms with Crippen molar-refractivity contribution in [1.82, 2.24) is 19.7 Å². The predicted octanol–water partition coefficient (Wildman–Crippen LogP) is 2.14. The first-order chi connectivity index (χ1) is 10.5. The van der Waals surface area contributed by atoms with E-state index in [0.29, 0.717) is 22.0 Å². The number of rotatable bonds is 2. The van der Waals surface area contributed by atoms with Crippen LogP contribution in [0.2, 0.25) is 5.02 Å².